The number of phosphoric ester groups is 1. The highest BCUT2D eigenvalue weighted by atomic mass is 35.5. The Morgan fingerprint density at radius 3 is 2.88 bits per heavy atom. The SMILES string of the molecule is Cc1ccn([C@@H]2O[C@@H]3CO[P@](=O)(OCCCC(=O)OC4CCCC4)O[C@H]3[C@@]2(C)Cl)c(=O)n1. The average molecular weight is 491 g/mol. The molecule has 32 heavy (non-hydrogen) atoms. The van der Waals surface area contributed by atoms with Gasteiger partial charge in [0.05, 0.1) is 13.2 Å². The van der Waals surface area contributed by atoms with Crippen LogP contribution in [0.2, 0.25) is 0 Å². The van der Waals surface area contributed by atoms with Crippen LogP contribution in [0.1, 0.15) is 57.4 Å². The maximum absolute atomic E-state index is 13.0. The zero-order valence-electron chi connectivity index (χ0n) is 18.1. The molecule has 0 unspecified atom stereocenters. The molecule has 5 atom stereocenters. The van der Waals surface area contributed by atoms with E-state index in [2.05, 4.69) is 4.98 Å². The molecule has 12 heteroatoms. The average Bonchev–Trinajstić information content (AvgIpc) is 3.32. The normalized spacial score (nSPS) is 35.0. The summed E-state index contributed by atoms with van der Waals surface area (Å²) < 4.78 is 41.9. The number of carbonyl (C=O) groups excluding carboxylic acids is 1. The van der Waals surface area contributed by atoms with Crippen molar-refractivity contribution in [3.8, 4) is 0 Å². The maximum atomic E-state index is 13.0. The Hall–Kier alpha value is -1.29. The van der Waals surface area contributed by atoms with Gasteiger partial charge in [-0.25, -0.2) is 9.36 Å². The van der Waals surface area contributed by atoms with Gasteiger partial charge in [-0.15, -0.1) is 11.6 Å². The second kappa shape index (κ2) is 9.52. The van der Waals surface area contributed by atoms with Gasteiger partial charge in [-0.1, -0.05) is 0 Å². The van der Waals surface area contributed by atoms with E-state index in [1.54, 1.807) is 26.1 Å². The number of rotatable bonds is 7. The lowest BCUT2D eigenvalue weighted by Gasteiger charge is -2.34. The molecular weight excluding hydrogens is 463 g/mol. The van der Waals surface area contributed by atoms with Gasteiger partial charge >= 0.3 is 19.5 Å². The molecule has 0 aromatic carbocycles. The van der Waals surface area contributed by atoms with E-state index in [1.165, 1.54) is 4.57 Å². The Labute approximate surface area is 191 Å². The first kappa shape index (κ1) is 23.9. The van der Waals surface area contributed by atoms with Gasteiger partial charge in [-0.3, -0.25) is 22.9 Å². The fourth-order valence-corrected chi connectivity index (χ4v) is 6.15. The van der Waals surface area contributed by atoms with Gasteiger partial charge in [0.1, 0.15) is 23.2 Å². The number of phosphoric acid groups is 1. The summed E-state index contributed by atoms with van der Waals surface area (Å²) >= 11 is 6.73. The third-order valence-electron chi connectivity index (χ3n) is 5.92. The van der Waals surface area contributed by atoms with E-state index < -0.39 is 36.8 Å². The first-order valence-electron chi connectivity index (χ1n) is 10.9. The molecule has 3 aliphatic rings. The highest BCUT2D eigenvalue weighted by Gasteiger charge is 2.60. The van der Waals surface area contributed by atoms with Crippen LogP contribution in [0.25, 0.3) is 0 Å². The van der Waals surface area contributed by atoms with Crippen molar-refractivity contribution in [2.45, 2.75) is 81.8 Å². The maximum Gasteiger partial charge on any atom is 0.475 e. The number of aryl methyl sites for hydroxylation is 1. The highest BCUT2D eigenvalue weighted by Crippen LogP contribution is 2.60. The molecule has 4 rings (SSSR count). The number of esters is 1. The van der Waals surface area contributed by atoms with Crippen molar-refractivity contribution in [3.63, 3.8) is 0 Å². The van der Waals surface area contributed by atoms with E-state index in [0.29, 0.717) is 12.1 Å². The van der Waals surface area contributed by atoms with Gasteiger partial charge in [-0.05, 0) is 52.0 Å². The third-order valence-corrected chi connectivity index (χ3v) is 7.77. The zero-order valence-corrected chi connectivity index (χ0v) is 19.8. The molecule has 1 aliphatic carbocycles. The molecule has 178 valence electrons. The van der Waals surface area contributed by atoms with Gasteiger partial charge < -0.3 is 9.47 Å². The van der Waals surface area contributed by atoms with Crippen LogP contribution in [0, 0.1) is 6.92 Å². The predicted octanol–water partition coefficient (Wildman–Crippen LogP) is 3.25. The third kappa shape index (κ3) is 5.11. The summed E-state index contributed by atoms with van der Waals surface area (Å²) in [7, 11) is -3.91. The minimum Gasteiger partial charge on any atom is -0.462 e. The van der Waals surface area contributed by atoms with E-state index in [1.807, 2.05) is 0 Å². The molecule has 2 aliphatic heterocycles. The topological polar surface area (TPSA) is 115 Å². The fourth-order valence-electron chi connectivity index (χ4n) is 4.23. The monoisotopic (exact) mass is 490 g/mol. The number of fused-ring (bicyclic) bond motifs is 1. The number of aromatic nitrogens is 2. The summed E-state index contributed by atoms with van der Waals surface area (Å²) in [6.45, 7) is 3.28. The number of halogens is 1. The first-order valence-corrected chi connectivity index (χ1v) is 12.7. The van der Waals surface area contributed by atoms with Crippen LogP contribution in [0.3, 0.4) is 0 Å². The number of hydrogen-bond donors (Lipinski definition) is 0. The van der Waals surface area contributed by atoms with Crippen molar-refractivity contribution in [1.29, 1.82) is 0 Å². The van der Waals surface area contributed by atoms with Crippen molar-refractivity contribution < 1.29 is 32.4 Å². The van der Waals surface area contributed by atoms with Gasteiger partial charge in [0.2, 0.25) is 0 Å². The molecule has 10 nitrogen and oxygen atoms in total. The van der Waals surface area contributed by atoms with Crippen molar-refractivity contribution in [2.24, 2.45) is 0 Å². The molecule has 3 fully saturated rings. The quantitative estimate of drug-likeness (QED) is 0.246. The van der Waals surface area contributed by atoms with Gasteiger partial charge in [0.25, 0.3) is 0 Å². The van der Waals surface area contributed by atoms with Crippen LogP contribution >= 0.6 is 19.4 Å². The second-order valence-corrected chi connectivity index (χ2v) is 11.0. The Kier molecular flexibility index (Phi) is 7.10. The standard InChI is InChI=1S/C20H28ClN2O8P/c1-13-9-10-23(19(25)22-13)18-20(2,21)17-15(30-18)12-28-32(26,31-17)27-11-5-8-16(24)29-14-6-3-4-7-14/h9-10,14-15,17-18H,3-8,11-12H2,1-2H3/t15-,17-,18-,20-,32+/m1/s1. The number of ether oxygens (including phenoxy) is 2. The summed E-state index contributed by atoms with van der Waals surface area (Å²) in [4.78, 5) is 26.9. The Morgan fingerprint density at radius 2 is 2.16 bits per heavy atom. The van der Waals surface area contributed by atoms with E-state index in [-0.39, 0.29) is 31.7 Å². The lowest BCUT2D eigenvalue weighted by molar-refractivity contribution is -0.149. The van der Waals surface area contributed by atoms with Crippen LogP contribution in [-0.4, -0.2) is 51.9 Å². The highest BCUT2D eigenvalue weighted by molar-refractivity contribution is 7.48. The Morgan fingerprint density at radius 1 is 1.41 bits per heavy atom. The molecule has 1 aromatic rings. The fraction of sp³-hybridized carbons (Fsp3) is 0.750. The molecule has 1 saturated carbocycles. The molecule has 0 N–H and O–H groups in total. The van der Waals surface area contributed by atoms with Gasteiger partial charge in [-0.2, -0.15) is 4.98 Å². The molecule has 0 radical (unpaired) electrons. The number of alkyl halides is 1. The van der Waals surface area contributed by atoms with Gasteiger partial charge in [0, 0.05) is 18.3 Å². The zero-order chi connectivity index (χ0) is 22.9. The van der Waals surface area contributed by atoms with Crippen LogP contribution in [0.4, 0.5) is 0 Å². The smallest absolute Gasteiger partial charge is 0.462 e. The van der Waals surface area contributed by atoms with E-state index in [4.69, 9.17) is 34.6 Å². The minimum atomic E-state index is -3.91. The first-order chi connectivity index (χ1) is 15.2. The Balaban J connectivity index is 1.32. The van der Waals surface area contributed by atoms with Crippen molar-refractivity contribution in [2.75, 3.05) is 13.2 Å². The minimum absolute atomic E-state index is 0.000935. The van der Waals surface area contributed by atoms with Crippen LogP contribution in [0.5, 0.6) is 0 Å². The van der Waals surface area contributed by atoms with Crippen molar-refractivity contribution >= 4 is 25.4 Å². The number of hydrogen-bond acceptors (Lipinski definition) is 9. The predicted molar refractivity (Wildman–Crippen MR) is 113 cm³/mol. The van der Waals surface area contributed by atoms with Crippen molar-refractivity contribution in [3.05, 3.63) is 28.4 Å². The summed E-state index contributed by atoms with van der Waals surface area (Å²) in [5.74, 6) is -0.290. The Bertz CT molecular complexity index is 948. The summed E-state index contributed by atoms with van der Waals surface area (Å²) in [6, 6.07) is 1.67. The summed E-state index contributed by atoms with van der Waals surface area (Å²) in [5.41, 5.74) is 0.0629. The number of carbonyl (C=O) groups is 1. The molecule has 3 heterocycles. The molecule has 2 saturated heterocycles. The van der Waals surface area contributed by atoms with E-state index >= 15 is 0 Å². The lowest BCUT2D eigenvalue weighted by atomic mass is 10.0. The summed E-state index contributed by atoms with van der Waals surface area (Å²) in [6.07, 6.45) is 3.66. The van der Waals surface area contributed by atoms with E-state index in [0.717, 1.165) is 25.7 Å². The van der Waals surface area contributed by atoms with Crippen LogP contribution in [0.15, 0.2) is 17.1 Å². The van der Waals surface area contributed by atoms with Crippen LogP contribution in [-0.2, 0) is 32.4 Å². The second-order valence-electron chi connectivity index (χ2n) is 8.54. The largest absolute Gasteiger partial charge is 0.475 e. The molecule has 0 spiro atoms. The van der Waals surface area contributed by atoms with E-state index in [9.17, 15) is 14.2 Å². The summed E-state index contributed by atoms with van der Waals surface area (Å²) in [5, 5.41) is 0. The van der Waals surface area contributed by atoms with Gasteiger partial charge in [0.15, 0.2) is 6.23 Å². The van der Waals surface area contributed by atoms with Crippen molar-refractivity contribution in [1.82, 2.24) is 9.55 Å². The molecule has 0 bridgehead atoms. The number of nitrogens with zero attached hydrogens (tertiary/aromatic N) is 2. The molecule has 0 amide bonds. The molecule has 1 aromatic heterocycles. The van der Waals surface area contributed by atoms with Crippen LogP contribution < -0.4 is 5.69 Å². The molecular formula is C20H28ClN2O8P. The lowest BCUT2D eigenvalue weighted by Crippen LogP contribution is -2.45.